The average molecular weight is 219 g/mol. The number of carbonyl (C=O) groups is 1. The van der Waals surface area contributed by atoms with Crippen molar-refractivity contribution < 1.29 is 9.90 Å². The van der Waals surface area contributed by atoms with Crippen LogP contribution >= 0.6 is 0 Å². The van der Waals surface area contributed by atoms with Crippen molar-refractivity contribution in [1.82, 2.24) is 5.01 Å². The van der Waals surface area contributed by atoms with Gasteiger partial charge in [-0.2, -0.15) is 5.10 Å². The van der Waals surface area contributed by atoms with Crippen LogP contribution in [0.15, 0.2) is 29.4 Å². The highest BCUT2D eigenvalue weighted by atomic mass is 16.3. The number of aromatic hydroxyl groups is 1. The van der Waals surface area contributed by atoms with Gasteiger partial charge in [0.25, 0.3) is 0 Å². The largest absolute Gasteiger partial charge is 0.508 e. The highest BCUT2D eigenvalue weighted by molar-refractivity contribution is 6.13. The molecule has 1 aliphatic rings. The average Bonchev–Trinajstić information content (AvgIpc) is 2.61. The van der Waals surface area contributed by atoms with Crippen LogP contribution in [0.25, 0.3) is 0 Å². The molecule has 1 amide bonds. The number of hydrogen-bond donors (Lipinski definition) is 2. The van der Waals surface area contributed by atoms with E-state index in [1.54, 1.807) is 18.2 Å². The fourth-order valence-electron chi connectivity index (χ4n) is 1.61. The van der Waals surface area contributed by atoms with Crippen molar-refractivity contribution in [3.63, 3.8) is 0 Å². The molecule has 5 nitrogen and oxygen atoms in total. The Hall–Kier alpha value is -1.88. The van der Waals surface area contributed by atoms with Gasteiger partial charge >= 0.3 is 0 Å². The van der Waals surface area contributed by atoms with E-state index in [1.807, 2.05) is 6.07 Å². The Morgan fingerprint density at radius 1 is 1.50 bits per heavy atom. The number of rotatable bonds is 3. The number of hydrogen-bond acceptors (Lipinski definition) is 4. The number of phenolic OH excluding ortho intramolecular Hbond substituents is 1. The third-order valence-corrected chi connectivity index (χ3v) is 2.37. The lowest BCUT2D eigenvalue weighted by Gasteiger charge is -2.08. The minimum atomic E-state index is -0.0520. The lowest BCUT2D eigenvalue weighted by Crippen LogP contribution is -2.26. The molecular weight excluding hydrogens is 206 g/mol. The van der Waals surface area contributed by atoms with Crippen LogP contribution in [0.4, 0.5) is 0 Å². The predicted octanol–water partition coefficient (Wildman–Crippen LogP) is 0.287. The van der Waals surface area contributed by atoms with Gasteiger partial charge in [-0.1, -0.05) is 12.1 Å². The Labute approximate surface area is 93.2 Å². The van der Waals surface area contributed by atoms with Crippen LogP contribution in [-0.2, 0) is 4.79 Å². The third kappa shape index (κ3) is 2.04. The van der Waals surface area contributed by atoms with Gasteiger partial charge in [0.05, 0.1) is 18.7 Å². The molecule has 0 bridgehead atoms. The number of carbonyl (C=O) groups excluding carboxylic acids is 1. The number of amides is 1. The van der Waals surface area contributed by atoms with E-state index in [0.29, 0.717) is 18.8 Å². The van der Waals surface area contributed by atoms with Gasteiger partial charge in [-0.15, -0.1) is 0 Å². The summed E-state index contributed by atoms with van der Waals surface area (Å²) in [4.78, 5) is 11.5. The molecule has 1 heterocycles. The lowest BCUT2D eigenvalue weighted by atomic mass is 10.1. The normalized spacial score (nSPS) is 15.4. The Kier molecular flexibility index (Phi) is 2.87. The van der Waals surface area contributed by atoms with Gasteiger partial charge in [0.2, 0.25) is 5.91 Å². The first-order valence-electron chi connectivity index (χ1n) is 5.08. The molecule has 0 unspecified atom stereocenters. The summed E-state index contributed by atoms with van der Waals surface area (Å²) in [5.41, 5.74) is 6.82. The van der Waals surface area contributed by atoms with Crippen molar-refractivity contribution >= 4 is 11.6 Å². The van der Waals surface area contributed by atoms with E-state index >= 15 is 0 Å². The van der Waals surface area contributed by atoms with Crippen molar-refractivity contribution in [3.8, 4) is 5.75 Å². The third-order valence-electron chi connectivity index (χ3n) is 2.37. The van der Waals surface area contributed by atoms with Crippen molar-refractivity contribution in [1.29, 1.82) is 0 Å². The topological polar surface area (TPSA) is 78.9 Å². The SMILES string of the molecule is NCCN1N=C(c2cccc(O)c2)CC1=O. The van der Waals surface area contributed by atoms with Crippen molar-refractivity contribution in [2.24, 2.45) is 10.8 Å². The minimum Gasteiger partial charge on any atom is -0.508 e. The molecule has 0 aliphatic carbocycles. The maximum atomic E-state index is 11.5. The van der Waals surface area contributed by atoms with E-state index in [0.717, 1.165) is 5.56 Å². The van der Waals surface area contributed by atoms with Gasteiger partial charge in [0, 0.05) is 12.1 Å². The van der Waals surface area contributed by atoms with E-state index in [9.17, 15) is 9.90 Å². The number of hydrazone groups is 1. The summed E-state index contributed by atoms with van der Waals surface area (Å²) in [6.45, 7) is 0.823. The standard InChI is InChI=1S/C11H13N3O2/c12-4-5-14-11(16)7-10(13-14)8-2-1-3-9(15)6-8/h1-3,6,15H,4-5,7,12H2. The molecule has 0 saturated heterocycles. The first kappa shape index (κ1) is 10.6. The monoisotopic (exact) mass is 219 g/mol. The summed E-state index contributed by atoms with van der Waals surface area (Å²) in [5, 5.41) is 14.9. The fraction of sp³-hybridized carbons (Fsp3) is 0.273. The van der Waals surface area contributed by atoms with Crippen LogP contribution in [0.1, 0.15) is 12.0 Å². The Bertz CT molecular complexity index is 443. The zero-order chi connectivity index (χ0) is 11.5. The maximum Gasteiger partial charge on any atom is 0.248 e. The number of phenols is 1. The van der Waals surface area contributed by atoms with Gasteiger partial charge in [-0.05, 0) is 12.1 Å². The predicted molar refractivity (Wildman–Crippen MR) is 60.0 cm³/mol. The fourth-order valence-corrected chi connectivity index (χ4v) is 1.61. The molecule has 0 saturated carbocycles. The smallest absolute Gasteiger partial charge is 0.248 e. The van der Waals surface area contributed by atoms with Crippen molar-refractivity contribution in [2.75, 3.05) is 13.1 Å². The molecule has 0 spiro atoms. The lowest BCUT2D eigenvalue weighted by molar-refractivity contribution is -0.128. The second-order valence-corrected chi connectivity index (χ2v) is 3.58. The second-order valence-electron chi connectivity index (χ2n) is 3.58. The van der Waals surface area contributed by atoms with Crippen molar-refractivity contribution in [2.45, 2.75) is 6.42 Å². The Morgan fingerprint density at radius 3 is 3.00 bits per heavy atom. The molecule has 1 aliphatic heterocycles. The van der Waals surface area contributed by atoms with E-state index in [-0.39, 0.29) is 18.1 Å². The van der Waals surface area contributed by atoms with E-state index < -0.39 is 0 Å². The van der Waals surface area contributed by atoms with Crippen LogP contribution in [0.5, 0.6) is 5.75 Å². The van der Waals surface area contributed by atoms with Crippen LogP contribution in [0.3, 0.4) is 0 Å². The molecule has 0 aromatic heterocycles. The molecule has 0 fully saturated rings. The molecule has 3 N–H and O–H groups in total. The van der Waals surface area contributed by atoms with Gasteiger partial charge in [0.15, 0.2) is 0 Å². The van der Waals surface area contributed by atoms with Gasteiger partial charge < -0.3 is 10.8 Å². The number of benzene rings is 1. The molecule has 0 atom stereocenters. The molecule has 0 radical (unpaired) electrons. The van der Waals surface area contributed by atoms with E-state index in [1.165, 1.54) is 5.01 Å². The van der Waals surface area contributed by atoms with Crippen LogP contribution in [0.2, 0.25) is 0 Å². The summed E-state index contributed by atoms with van der Waals surface area (Å²) in [7, 11) is 0. The quantitative estimate of drug-likeness (QED) is 0.766. The maximum absolute atomic E-state index is 11.5. The zero-order valence-electron chi connectivity index (χ0n) is 8.76. The molecule has 16 heavy (non-hydrogen) atoms. The van der Waals surface area contributed by atoms with Crippen LogP contribution in [-0.4, -0.2) is 34.8 Å². The Balaban J connectivity index is 2.23. The minimum absolute atomic E-state index is 0.0520. The summed E-state index contributed by atoms with van der Waals surface area (Å²) in [5.74, 6) is 0.119. The highest BCUT2D eigenvalue weighted by Gasteiger charge is 2.23. The number of nitrogens with two attached hydrogens (primary N) is 1. The van der Waals surface area contributed by atoms with E-state index in [4.69, 9.17) is 5.73 Å². The van der Waals surface area contributed by atoms with E-state index in [2.05, 4.69) is 5.10 Å². The second kappa shape index (κ2) is 4.32. The molecule has 1 aromatic carbocycles. The highest BCUT2D eigenvalue weighted by Crippen LogP contribution is 2.18. The van der Waals surface area contributed by atoms with Crippen molar-refractivity contribution in [3.05, 3.63) is 29.8 Å². The Morgan fingerprint density at radius 2 is 2.31 bits per heavy atom. The van der Waals surface area contributed by atoms with Crippen LogP contribution in [0, 0.1) is 0 Å². The van der Waals surface area contributed by atoms with Gasteiger partial charge in [-0.3, -0.25) is 4.79 Å². The molecule has 1 aromatic rings. The summed E-state index contributed by atoms with van der Waals surface area (Å²) in [6.07, 6.45) is 0.267. The van der Waals surface area contributed by atoms with Crippen LogP contribution < -0.4 is 5.73 Å². The molecule has 2 rings (SSSR count). The molecule has 5 heteroatoms. The zero-order valence-corrected chi connectivity index (χ0v) is 8.76. The number of nitrogens with zero attached hydrogens (tertiary/aromatic N) is 2. The summed E-state index contributed by atoms with van der Waals surface area (Å²) < 4.78 is 0. The molecule has 84 valence electrons. The first-order chi connectivity index (χ1) is 7.70. The first-order valence-corrected chi connectivity index (χ1v) is 5.08. The summed E-state index contributed by atoms with van der Waals surface area (Å²) in [6, 6.07) is 6.72. The molecular formula is C11H13N3O2. The van der Waals surface area contributed by atoms with Gasteiger partial charge in [-0.25, -0.2) is 5.01 Å². The summed E-state index contributed by atoms with van der Waals surface area (Å²) >= 11 is 0. The van der Waals surface area contributed by atoms with Gasteiger partial charge in [0.1, 0.15) is 5.75 Å².